The Hall–Kier alpha value is -3.20. The van der Waals surface area contributed by atoms with Crippen LogP contribution in [0.15, 0.2) is 125 Å². The molecule has 0 radical (unpaired) electrons. The van der Waals surface area contributed by atoms with Crippen molar-refractivity contribution in [2.45, 2.75) is 55.0 Å². The normalized spacial score (nSPS) is 17.3. The fourth-order valence-electron chi connectivity index (χ4n) is 6.34. The van der Waals surface area contributed by atoms with Crippen LogP contribution in [0.2, 0.25) is 5.04 Å². The molecule has 0 amide bonds. The molecule has 1 aliphatic carbocycles. The molecule has 0 N–H and O–H groups in total. The van der Waals surface area contributed by atoms with Crippen molar-refractivity contribution in [3.63, 3.8) is 0 Å². The van der Waals surface area contributed by atoms with E-state index >= 15 is 0 Å². The quantitative estimate of drug-likeness (QED) is 0.0980. The van der Waals surface area contributed by atoms with Gasteiger partial charge >= 0.3 is 0 Å². The first-order valence-electron chi connectivity index (χ1n) is 14.7. The number of alkyl halides is 1. The topological polar surface area (TPSA) is 61.8 Å². The van der Waals surface area contributed by atoms with Crippen LogP contribution in [0.5, 0.6) is 5.75 Å². The fraction of sp³-hybridized carbons (Fsp3) is 0.278. The number of hydrogen-bond donors (Lipinski definition) is 0. The molecule has 0 saturated carbocycles. The molecule has 0 aliphatic heterocycles. The van der Waals surface area contributed by atoms with Crippen molar-refractivity contribution in [1.82, 2.24) is 0 Å². The van der Waals surface area contributed by atoms with Crippen molar-refractivity contribution < 1.29 is 22.3 Å². The Labute approximate surface area is 267 Å². The Morgan fingerprint density at radius 1 is 0.818 bits per heavy atom. The van der Waals surface area contributed by atoms with E-state index in [1.807, 2.05) is 66.7 Å². The molecule has 1 aliphatic rings. The lowest BCUT2D eigenvalue weighted by Crippen LogP contribution is -2.67. The first-order chi connectivity index (χ1) is 21.1. The van der Waals surface area contributed by atoms with Gasteiger partial charge in [0.2, 0.25) is 9.84 Å². The molecule has 0 aromatic heterocycles. The van der Waals surface area contributed by atoms with Gasteiger partial charge in [0.15, 0.2) is 6.79 Å². The number of methoxy groups -OCH3 is 1. The predicted molar refractivity (Wildman–Crippen MR) is 180 cm³/mol. The molecular weight excluding hydrogens is 608 g/mol. The molecule has 4 aromatic rings. The summed E-state index contributed by atoms with van der Waals surface area (Å²) >= 11 is 6.48. The average Bonchev–Trinajstić information content (AvgIpc) is 3.47. The highest BCUT2D eigenvalue weighted by Crippen LogP contribution is 2.48. The third kappa shape index (κ3) is 6.17. The van der Waals surface area contributed by atoms with Gasteiger partial charge in [-0.2, -0.15) is 0 Å². The number of hydrogen-bond acceptors (Lipinski definition) is 5. The van der Waals surface area contributed by atoms with Gasteiger partial charge in [0.1, 0.15) is 5.75 Å². The Kier molecular flexibility index (Phi) is 9.82. The molecule has 0 saturated heterocycles. The van der Waals surface area contributed by atoms with Gasteiger partial charge in [0.05, 0.1) is 15.9 Å². The third-order valence-corrected chi connectivity index (χ3v) is 15.5. The molecule has 230 valence electrons. The molecule has 0 bridgehead atoms. The second kappa shape index (κ2) is 13.4. The van der Waals surface area contributed by atoms with E-state index in [2.05, 4.69) is 45.0 Å². The highest BCUT2D eigenvalue weighted by molar-refractivity contribution is 7.95. The van der Waals surface area contributed by atoms with Crippen molar-refractivity contribution in [3.8, 4) is 5.75 Å². The van der Waals surface area contributed by atoms with Crippen LogP contribution in [-0.2, 0) is 24.9 Å². The van der Waals surface area contributed by atoms with Crippen LogP contribution < -0.4 is 15.1 Å². The predicted octanol–water partition coefficient (Wildman–Crippen LogP) is 7.20. The SMILES string of the molecule is COCOc1cccc(CCl)c1[C@@H]1C[C@@H](O[Si](c2ccccc2)(c2ccccc2)C(C)(C)C)C=C1S(=O)(=O)c1ccccc1. The Morgan fingerprint density at radius 3 is 1.91 bits per heavy atom. The molecule has 44 heavy (non-hydrogen) atoms. The maximum Gasteiger partial charge on any atom is 0.261 e. The van der Waals surface area contributed by atoms with E-state index in [9.17, 15) is 8.42 Å². The monoisotopic (exact) mass is 646 g/mol. The van der Waals surface area contributed by atoms with E-state index in [1.165, 1.54) is 0 Å². The van der Waals surface area contributed by atoms with Gasteiger partial charge < -0.3 is 13.9 Å². The molecule has 0 heterocycles. The second-order valence-electron chi connectivity index (χ2n) is 12.0. The van der Waals surface area contributed by atoms with E-state index in [1.54, 1.807) is 31.4 Å². The summed E-state index contributed by atoms with van der Waals surface area (Å²) in [5, 5.41) is 1.99. The van der Waals surface area contributed by atoms with E-state index in [0.717, 1.165) is 21.5 Å². The van der Waals surface area contributed by atoms with Crippen molar-refractivity contribution in [2.24, 2.45) is 0 Å². The van der Waals surface area contributed by atoms with Gasteiger partial charge in [-0.15, -0.1) is 11.6 Å². The Balaban J connectivity index is 1.71. The highest BCUT2D eigenvalue weighted by Gasteiger charge is 2.52. The van der Waals surface area contributed by atoms with Gasteiger partial charge in [0.25, 0.3) is 8.32 Å². The van der Waals surface area contributed by atoms with E-state index in [0.29, 0.717) is 17.1 Å². The molecule has 5 rings (SSSR count). The first-order valence-corrected chi connectivity index (χ1v) is 18.7. The van der Waals surface area contributed by atoms with Crippen molar-refractivity contribution in [1.29, 1.82) is 0 Å². The highest BCUT2D eigenvalue weighted by atomic mass is 35.5. The van der Waals surface area contributed by atoms with Gasteiger partial charge in [-0.1, -0.05) is 112 Å². The average molecular weight is 647 g/mol. The largest absolute Gasteiger partial charge is 0.467 e. The standard InChI is InChI=1S/C36H39ClO5SSi/c1-36(2,3)44(30-18-10-6-11-19-30,31-20-12-7-13-21-31)42-28-23-32(34(24-28)43(38,39)29-16-8-5-9-17-29)35-27(25-37)15-14-22-33(35)41-26-40-4/h5-22,24,28,32H,23,25-26H2,1-4H3/t28-,32-/m1/s1. The number of ether oxygens (including phenoxy) is 2. The lowest BCUT2D eigenvalue weighted by Gasteiger charge is -2.44. The van der Waals surface area contributed by atoms with Gasteiger partial charge in [-0.05, 0) is 51.7 Å². The molecule has 0 fully saturated rings. The zero-order chi connectivity index (χ0) is 31.4. The van der Waals surface area contributed by atoms with Crippen LogP contribution >= 0.6 is 11.6 Å². The molecule has 0 spiro atoms. The van der Waals surface area contributed by atoms with Gasteiger partial charge in [-0.3, -0.25) is 0 Å². The minimum atomic E-state index is -3.88. The fourth-order valence-corrected chi connectivity index (χ4v) is 12.9. The van der Waals surface area contributed by atoms with Gasteiger partial charge in [-0.25, -0.2) is 8.42 Å². The van der Waals surface area contributed by atoms with Crippen LogP contribution in [0.4, 0.5) is 0 Å². The van der Waals surface area contributed by atoms with Gasteiger partial charge in [0, 0.05) is 24.5 Å². The van der Waals surface area contributed by atoms with Crippen LogP contribution in [0.3, 0.4) is 0 Å². The zero-order valence-electron chi connectivity index (χ0n) is 25.6. The summed E-state index contributed by atoms with van der Waals surface area (Å²) in [5.74, 6) is 0.218. The molecule has 0 unspecified atom stereocenters. The summed E-state index contributed by atoms with van der Waals surface area (Å²) in [6.07, 6.45) is 1.76. The lowest BCUT2D eigenvalue weighted by molar-refractivity contribution is 0.0501. The van der Waals surface area contributed by atoms with E-state index in [4.69, 9.17) is 25.5 Å². The van der Waals surface area contributed by atoms with Crippen molar-refractivity contribution in [2.75, 3.05) is 13.9 Å². The van der Waals surface area contributed by atoms with Crippen LogP contribution in [0.1, 0.15) is 44.2 Å². The number of rotatable bonds is 11. The van der Waals surface area contributed by atoms with Crippen LogP contribution in [-0.4, -0.2) is 36.7 Å². The molecule has 2 atom stereocenters. The minimum Gasteiger partial charge on any atom is -0.467 e. The minimum absolute atomic E-state index is 0.0257. The Bertz CT molecular complexity index is 1650. The second-order valence-corrected chi connectivity index (χ2v) is 18.5. The Morgan fingerprint density at radius 2 is 1.39 bits per heavy atom. The van der Waals surface area contributed by atoms with Crippen LogP contribution in [0, 0.1) is 0 Å². The third-order valence-electron chi connectivity index (χ3n) is 8.25. The molecule has 5 nitrogen and oxygen atoms in total. The summed E-state index contributed by atoms with van der Waals surface area (Å²) in [4.78, 5) is 0.538. The zero-order valence-corrected chi connectivity index (χ0v) is 28.1. The smallest absolute Gasteiger partial charge is 0.261 e. The maximum absolute atomic E-state index is 14.4. The first kappa shape index (κ1) is 32.2. The number of allylic oxidation sites excluding steroid dienone is 1. The van der Waals surface area contributed by atoms with Crippen molar-refractivity contribution in [3.05, 3.63) is 131 Å². The number of benzene rings is 4. The summed E-state index contributed by atoms with van der Waals surface area (Å²) in [7, 11) is -5.32. The summed E-state index contributed by atoms with van der Waals surface area (Å²) in [5.41, 5.74) is 1.56. The maximum atomic E-state index is 14.4. The van der Waals surface area contributed by atoms with E-state index < -0.39 is 30.2 Å². The molecule has 4 aromatic carbocycles. The van der Waals surface area contributed by atoms with Crippen LogP contribution in [0.25, 0.3) is 0 Å². The lowest BCUT2D eigenvalue weighted by atomic mass is 9.92. The molecule has 8 heteroatoms. The van der Waals surface area contributed by atoms with E-state index in [-0.39, 0.29) is 22.6 Å². The summed E-state index contributed by atoms with van der Waals surface area (Å²) in [6.45, 7) is 6.68. The molecular formula is C36H39ClO5SSi. The van der Waals surface area contributed by atoms with Crippen molar-refractivity contribution >= 4 is 40.1 Å². The number of sulfone groups is 1. The number of halogens is 1. The summed E-state index contributed by atoms with van der Waals surface area (Å²) in [6, 6.07) is 35.0. The summed E-state index contributed by atoms with van der Waals surface area (Å²) < 4.78 is 47.4.